The molecule has 0 amide bonds. The molecule has 0 spiro atoms. The molecule has 5 nitrogen and oxygen atoms in total. The molecule has 178 valence electrons. The third-order valence-corrected chi connectivity index (χ3v) is 6.83. The Kier molecular flexibility index (Phi) is 6.93. The number of aromatic nitrogens is 2. The molecule has 2 bridgehead atoms. The van der Waals surface area contributed by atoms with Crippen molar-refractivity contribution in [1.82, 2.24) is 15.3 Å². The summed E-state index contributed by atoms with van der Waals surface area (Å²) in [6, 6.07) is 4.28. The first-order valence-electron chi connectivity index (χ1n) is 11.6. The van der Waals surface area contributed by atoms with Crippen molar-refractivity contribution in [3.05, 3.63) is 51.5 Å². The van der Waals surface area contributed by atoms with Crippen LogP contribution in [0.15, 0.2) is 18.2 Å². The van der Waals surface area contributed by atoms with Gasteiger partial charge in [0.05, 0.1) is 21.7 Å². The quantitative estimate of drug-likeness (QED) is 0.647. The number of hydrogen-bond donors (Lipinski definition) is 3. The number of aryl methyl sites for hydroxylation is 1. The lowest BCUT2D eigenvalue weighted by molar-refractivity contribution is -0.0108. The number of benzene rings is 1. The summed E-state index contributed by atoms with van der Waals surface area (Å²) in [7, 11) is 0. The van der Waals surface area contributed by atoms with Crippen LogP contribution in [0, 0.1) is 12.7 Å². The number of rotatable bonds is 4. The molecule has 2 aromatic rings. The van der Waals surface area contributed by atoms with Crippen molar-refractivity contribution < 1.29 is 18.3 Å². The Hall–Kier alpha value is -2.61. The van der Waals surface area contributed by atoms with E-state index >= 15 is 0 Å². The zero-order valence-electron chi connectivity index (χ0n) is 19.1. The van der Waals surface area contributed by atoms with Crippen molar-refractivity contribution in [2.45, 2.75) is 83.4 Å². The van der Waals surface area contributed by atoms with E-state index in [0.717, 1.165) is 67.2 Å². The van der Waals surface area contributed by atoms with Gasteiger partial charge in [0.2, 0.25) is 0 Å². The molecule has 2 aliphatic heterocycles. The van der Waals surface area contributed by atoms with Crippen LogP contribution in [0.1, 0.15) is 75.2 Å². The number of nitrogens with one attached hydrogen (secondary N) is 2. The Bertz CT molecular complexity index is 1130. The summed E-state index contributed by atoms with van der Waals surface area (Å²) in [4.78, 5) is 9.22. The van der Waals surface area contributed by atoms with Gasteiger partial charge in [0.25, 0.3) is 6.43 Å². The van der Waals surface area contributed by atoms with Gasteiger partial charge in [0.15, 0.2) is 0 Å². The molecule has 3 N–H and O–H groups in total. The topological polar surface area (TPSA) is 70.1 Å². The highest BCUT2D eigenvalue weighted by atomic mass is 19.3. The van der Waals surface area contributed by atoms with Crippen LogP contribution in [-0.4, -0.2) is 26.7 Å². The van der Waals surface area contributed by atoms with Crippen LogP contribution in [0.5, 0.6) is 0 Å². The Balaban J connectivity index is 1.72. The predicted molar refractivity (Wildman–Crippen MR) is 122 cm³/mol. The predicted octanol–water partition coefficient (Wildman–Crippen LogP) is 3.83. The SMILES string of the molecule is C/C1=c2\nc(C)nc(NCc3cccc(C(F)F)c3F)\c2=C\NC2CCC(O)(CCC1)CC2. The Morgan fingerprint density at radius 1 is 1.18 bits per heavy atom. The summed E-state index contributed by atoms with van der Waals surface area (Å²) in [5.74, 6) is 0.211. The van der Waals surface area contributed by atoms with Crippen molar-refractivity contribution in [2.24, 2.45) is 0 Å². The van der Waals surface area contributed by atoms with E-state index in [1.807, 2.05) is 13.1 Å². The van der Waals surface area contributed by atoms with Gasteiger partial charge in [0.1, 0.15) is 17.5 Å². The maximum Gasteiger partial charge on any atom is 0.266 e. The second kappa shape index (κ2) is 9.71. The third kappa shape index (κ3) is 5.32. The number of anilines is 1. The summed E-state index contributed by atoms with van der Waals surface area (Å²) in [5.41, 5.74) is 0.0675. The molecular formula is C25H31F3N4O. The summed E-state index contributed by atoms with van der Waals surface area (Å²) < 4.78 is 40.7. The van der Waals surface area contributed by atoms with Gasteiger partial charge < -0.3 is 15.7 Å². The molecule has 3 heterocycles. The van der Waals surface area contributed by atoms with Gasteiger partial charge in [-0.15, -0.1) is 0 Å². The van der Waals surface area contributed by atoms with E-state index in [-0.39, 0.29) is 18.2 Å². The first-order chi connectivity index (χ1) is 15.8. The molecule has 1 fully saturated rings. The molecule has 0 saturated heterocycles. The van der Waals surface area contributed by atoms with E-state index in [1.54, 1.807) is 6.92 Å². The Labute approximate surface area is 191 Å². The largest absolute Gasteiger partial charge is 0.390 e. The van der Waals surface area contributed by atoms with Gasteiger partial charge in [0, 0.05) is 24.4 Å². The third-order valence-electron chi connectivity index (χ3n) is 6.83. The number of fused-ring (bicyclic) bond motifs is 6. The zero-order chi connectivity index (χ0) is 23.6. The van der Waals surface area contributed by atoms with Crippen molar-refractivity contribution in [3.8, 4) is 0 Å². The average Bonchev–Trinajstić information content (AvgIpc) is 2.77. The molecule has 3 aliphatic rings. The minimum Gasteiger partial charge on any atom is -0.390 e. The first-order valence-corrected chi connectivity index (χ1v) is 11.6. The number of halogens is 3. The van der Waals surface area contributed by atoms with Crippen LogP contribution in [-0.2, 0) is 6.54 Å². The average molecular weight is 461 g/mol. The highest BCUT2D eigenvalue weighted by Crippen LogP contribution is 2.33. The van der Waals surface area contributed by atoms with Gasteiger partial charge >= 0.3 is 0 Å². The maximum absolute atomic E-state index is 14.5. The van der Waals surface area contributed by atoms with Gasteiger partial charge in [-0.2, -0.15) is 0 Å². The van der Waals surface area contributed by atoms with E-state index in [0.29, 0.717) is 11.6 Å². The van der Waals surface area contributed by atoms with Crippen molar-refractivity contribution in [2.75, 3.05) is 5.32 Å². The fourth-order valence-corrected chi connectivity index (χ4v) is 4.84. The standard InChI is InChI=1S/C25H31F3N4O/c1-15-5-4-10-25(33)11-8-18(9-12-25)29-14-20-22(15)31-16(2)32-24(20)30-13-17-6-3-7-19(21(17)26)23(27)28/h3,6-7,14,18,23,29,33H,4-5,8-13H2,1-2H3,(H,30,31,32)/b20-14+,22-15+. The van der Waals surface area contributed by atoms with Crippen LogP contribution in [0.2, 0.25) is 0 Å². The summed E-state index contributed by atoms with van der Waals surface area (Å²) in [6.07, 6.45) is 4.80. The van der Waals surface area contributed by atoms with E-state index in [1.165, 1.54) is 12.1 Å². The number of alkyl halides is 2. The second-order valence-corrected chi connectivity index (χ2v) is 9.30. The lowest BCUT2D eigenvalue weighted by Gasteiger charge is -2.36. The first kappa shape index (κ1) is 23.5. The van der Waals surface area contributed by atoms with Gasteiger partial charge in [-0.25, -0.2) is 23.1 Å². The van der Waals surface area contributed by atoms with E-state index in [2.05, 4.69) is 20.6 Å². The summed E-state index contributed by atoms with van der Waals surface area (Å²) in [6.45, 7) is 3.85. The Morgan fingerprint density at radius 3 is 2.67 bits per heavy atom. The molecule has 1 aliphatic carbocycles. The van der Waals surface area contributed by atoms with E-state index < -0.39 is 23.4 Å². The molecule has 0 radical (unpaired) electrons. The number of hydrogen-bond acceptors (Lipinski definition) is 5. The molecule has 0 unspecified atom stereocenters. The minimum absolute atomic E-state index is 0.0264. The van der Waals surface area contributed by atoms with E-state index in [9.17, 15) is 18.3 Å². The lowest BCUT2D eigenvalue weighted by Crippen LogP contribution is -2.43. The van der Waals surface area contributed by atoms with Crippen molar-refractivity contribution >= 4 is 17.6 Å². The van der Waals surface area contributed by atoms with E-state index in [4.69, 9.17) is 0 Å². The van der Waals surface area contributed by atoms with Crippen LogP contribution in [0.3, 0.4) is 0 Å². The molecule has 8 heteroatoms. The molecule has 0 atom stereocenters. The Morgan fingerprint density at radius 2 is 1.94 bits per heavy atom. The van der Waals surface area contributed by atoms with Crippen LogP contribution in [0.4, 0.5) is 19.0 Å². The molecular weight excluding hydrogens is 429 g/mol. The van der Waals surface area contributed by atoms with Crippen LogP contribution < -0.4 is 21.2 Å². The number of nitrogens with zero attached hydrogens (tertiary/aromatic N) is 2. The summed E-state index contributed by atoms with van der Waals surface area (Å²) in [5, 5.41) is 19.1. The van der Waals surface area contributed by atoms with Gasteiger partial charge in [-0.1, -0.05) is 18.2 Å². The van der Waals surface area contributed by atoms with Crippen molar-refractivity contribution in [3.63, 3.8) is 0 Å². The maximum atomic E-state index is 14.5. The monoisotopic (exact) mass is 460 g/mol. The van der Waals surface area contributed by atoms with Crippen molar-refractivity contribution in [1.29, 1.82) is 0 Å². The fraction of sp³-hybridized carbons (Fsp3) is 0.520. The normalized spacial score (nSPS) is 25.9. The van der Waals surface area contributed by atoms with Gasteiger partial charge in [-0.05, 0) is 64.4 Å². The minimum atomic E-state index is -2.87. The fourth-order valence-electron chi connectivity index (χ4n) is 4.84. The lowest BCUT2D eigenvalue weighted by atomic mass is 9.79. The molecule has 1 aromatic carbocycles. The summed E-state index contributed by atoms with van der Waals surface area (Å²) >= 11 is 0. The smallest absolute Gasteiger partial charge is 0.266 e. The van der Waals surface area contributed by atoms with Crippen LogP contribution in [0.25, 0.3) is 11.8 Å². The molecule has 33 heavy (non-hydrogen) atoms. The van der Waals surface area contributed by atoms with Crippen LogP contribution >= 0.6 is 0 Å². The highest BCUT2D eigenvalue weighted by Gasteiger charge is 2.32. The molecule has 5 rings (SSSR count). The van der Waals surface area contributed by atoms with Gasteiger partial charge in [-0.3, -0.25) is 0 Å². The molecule has 1 saturated carbocycles. The zero-order valence-corrected chi connectivity index (χ0v) is 19.1. The molecule has 1 aromatic heterocycles. The second-order valence-electron chi connectivity index (χ2n) is 9.30. The number of aliphatic hydroxyl groups is 1. The highest BCUT2D eigenvalue weighted by molar-refractivity contribution is 5.49.